The summed E-state index contributed by atoms with van der Waals surface area (Å²) in [6.45, 7) is 5.13. The van der Waals surface area contributed by atoms with Crippen molar-refractivity contribution >= 4 is 0 Å². The van der Waals surface area contributed by atoms with Crippen molar-refractivity contribution in [1.82, 2.24) is 20.1 Å². The maximum absolute atomic E-state index is 4.34. The molecule has 1 heterocycles. The predicted molar refractivity (Wildman–Crippen MR) is 59.5 cm³/mol. The summed E-state index contributed by atoms with van der Waals surface area (Å²) < 4.78 is 2.11. The van der Waals surface area contributed by atoms with Crippen molar-refractivity contribution in [1.29, 1.82) is 0 Å². The Morgan fingerprint density at radius 2 is 2.20 bits per heavy atom. The SMILES string of the molecule is CC(C)NCc1ncnn1C1CCCC1. The molecule has 0 bridgehead atoms. The van der Waals surface area contributed by atoms with Gasteiger partial charge in [-0.3, -0.25) is 0 Å². The summed E-state index contributed by atoms with van der Waals surface area (Å²) in [4.78, 5) is 4.32. The Labute approximate surface area is 91.1 Å². The van der Waals surface area contributed by atoms with Crippen LogP contribution in [0.4, 0.5) is 0 Å². The number of nitrogens with zero attached hydrogens (tertiary/aromatic N) is 3. The van der Waals surface area contributed by atoms with E-state index < -0.39 is 0 Å². The van der Waals surface area contributed by atoms with Gasteiger partial charge < -0.3 is 5.32 Å². The van der Waals surface area contributed by atoms with Gasteiger partial charge in [0.1, 0.15) is 12.2 Å². The molecule has 4 nitrogen and oxygen atoms in total. The van der Waals surface area contributed by atoms with Gasteiger partial charge in [0, 0.05) is 6.04 Å². The van der Waals surface area contributed by atoms with E-state index in [-0.39, 0.29) is 0 Å². The molecule has 1 fully saturated rings. The first-order chi connectivity index (χ1) is 7.27. The molecule has 0 radical (unpaired) electrons. The van der Waals surface area contributed by atoms with Crippen LogP contribution in [0.25, 0.3) is 0 Å². The second-order valence-electron chi connectivity index (χ2n) is 4.59. The molecule has 1 aromatic rings. The van der Waals surface area contributed by atoms with E-state index in [1.807, 2.05) is 0 Å². The minimum Gasteiger partial charge on any atom is -0.308 e. The molecule has 1 aliphatic carbocycles. The van der Waals surface area contributed by atoms with Gasteiger partial charge >= 0.3 is 0 Å². The Balaban J connectivity index is 2.01. The number of hydrogen-bond donors (Lipinski definition) is 1. The second kappa shape index (κ2) is 4.75. The molecule has 0 aromatic carbocycles. The van der Waals surface area contributed by atoms with Crippen molar-refractivity contribution in [2.24, 2.45) is 0 Å². The maximum atomic E-state index is 4.34. The summed E-state index contributed by atoms with van der Waals surface area (Å²) in [5, 5.41) is 7.73. The molecule has 1 aromatic heterocycles. The minimum atomic E-state index is 0.499. The molecule has 0 spiro atoms. The second-order valence-corrected chi connectivity index (χ2v) is 4.59. The molecule has 84 valence electrons. The first-order valence-corrected chi connectivity index (χ1v) is 5.89. The highest BCUT2D eigenvalue weighted by Crippen LogP contribution is 2.29. The van der Waals surface area contributed by atoms with Crippen LogP contribution in [-0.4, -0.2) is 20.8 Å². The zero-order chi connectivity index (χ0) is 10.7. The minimum absolute atomic E-state index is 0.499. The summed E-state index contributed by atoms with van der Waals surface area (Å²) in [6, 6.07) is 1.09. The van der Waals surface area contributed by atoms with Crippen LogP contribution in [0.5, 0.6) is 0 Å². The third-order valence-corrected chi connectivity index (χ3v) is 2.99. The quantitative estimate of drug-likeness (QED) is 0.821. The van der Waals surface area contributed by atoms with Crippen LogP contribution in [0.2, 0.25) is 0 Å². The number of rotatable bonds is 4. The first-order valence-electron chi connectivity index (χ1n) is 5.89. The molecule has 0 amide bonds. The molecule has 4 heteroatoms. The van der Waals surface area contributed by atoms with Crippen LogP contribution >= 0.6 is 0 Å². The van der Waals surface area contributed by atoms with E-state index in [0.717, 1.165) is 12.4 Å². The average molecular weight is 208 g/mol. The number of aromatic nitrogens is 3. The van der Waals surface area contributed by atoms with E-state index in [1.165, 1.54) is 25.7 Å². The fourth-order valence-electron chi connectivity index (χ4n) is 2.15. The fraction of sp³-hybridized carbons (Fsp3) is 0.818. The van der Waals surface area contributed by atoms with Crippen LogP contribution in [-0.2, 0) is 6.54 Å². The van der Waals surface area contributed by atoms with Crippen molar-refractivity contribution in [3.8, 4) is 0 Å². The maximum Gasteiger partial charge on any atom is 0.141 e. The van der Waals surface area contributed by atoms with Crippen molar-refractivity contribution in [2.75, 3.05) is 0 Å². The van der Waals surface area contributed by atoms with Gasteiger partial charge in [-0.2, -0.15) is 5.10 Å². The number of nitrogens with one attached hydrogen (secondary N) is 1. The molecule has 1 N–H and O–H groups in total. The lowest BCUT2D eigenvalue weighted by Crippen LogP contribution is -2.25. The van der Waals surface area contributed by atoms with E-state index in [4.69, 9.17) is 0 Å². The molecule has 2 rings (SSSR count). The highest BCUT2D eigenvalue weighted by atomic mass is 15.4. The van der Waals surface area contributed by atoms with E-state index in [0.29, 0.717) is 12.1 Å². The van der Waals surface area contributed by atoms with Crippen LogP contribution in [0.3, 0.4) is 0 Å². The molecule has 0 aliphatic heterocycles. The summed E-state index contributed by atoms with van der Waals surface area (Å²) in [5.41, 5.74) is 0. The molecule has 0 saturated heterocycles. The summed E-state index contributed by atoms with van der Waals surface area (Å²) in [7, 11) is 0. The van der Waals surface area contributed by atoms with E-state index >= 15 is 0 Å². The van der Waals surface area contributed by atoms with Crippen LogP contribution in [0, 0.1) is 0 Å². The largest absolute Gasteiger partial charge is 0.308 e. The fourth-order valence-corrected chi connectivity index (χ4v) is 2.15. The molecule has 0 unspecified atom stereocenters. The smallest absolute Gasteiger partial charge is 0.141 e. The van der Waals surface area contributed by atoms with Gasteiger partial charge in [0.25, 0.3) is 0 Å². The Kier molecular flexibility index (Phi) is 3.36. The zero-order valence-corrected chi connectivity index (χ0v) is 9.61. The molecule has 0 atom stereocenters. The first kappa shape index (κ1) is 10.6. The van der Waals surface area contributed by atoms with Crippen LogP contribution in [0.15, 0.2) is 6.33 Å². The third-order valence-electron chi connectivity index (χ3n) is 2.99. The van der Waals surface area contributed by atoms with Crippen LogP contribution < -0.4 is 5.32 Å². The van der Waals surface area contributed by atoms with Crippen molar-refractivity contribution in [3.05, 3.63) is 12.2 Å². The Bertz CT molecular complexity index is 299. The van der Waals surface area contributed by atoms with E-state index in [9.17, 15) is 0 Å². The predicted octanol–water partition coefficient (Wildman–Crippen LogP) is 1.89. The summed E-state index contributed by atoms with van der Waals surface area (Å²) in [6.07, 6.45) is 6.87. The molecular weight excluding hydrogens is 188 g/mol. The zero-order valence-electron chi connectivity index (χ0n) is 9.61. The van der Waals surface area contributed by atoms with Gasteiger partial charge in [0.15, 0.2) is 0 Å². The third kappa shape index (κ3) is 2.56. The van der Waals surface area contributed by atoms with Gasteiger partial charge in [-0.05, 0) is 12.8 Å². The highest BCUT2D eigenvalue weighted by Gasteiger charge is 2.20. The lowest BCUT2D eigenvalue weighted by Gasteiger charge is -2.14. The van der Waals surface area contributed by atoms with Gasteiger partial charge in [-0.15, -0.1) is 0 Å². The molecule has 15 heavy (non-hydrogen) atoms. The van der Waals surface area contributed by atoms with E-state index in [1.54, 1.807) is 6.33 Å². The van der Waals surface area contributed by atoms with Gasteiger partial charge in [0.2, 0.25) is 0 Å². The number of hydrogen-bond acceptors (Lipinski definition) is 3. The molecule has 1 aliphatic rings. The van der Waals surface area contributed by atoms with Gasteiger partial charge in [0.05, 0.1) is 12.6 Å². The van der Waals surface area contributed by atoms with Crippen molar-refractivity contribution in [2.45, 2.75) is 58.2 Å². The van der Waals surface area contributed by atoms with Gasteiger partial charge in [-0.25, -0.2) is 9.67 Å². The lowest BCUT2D eigenvalue weighted by molar-refractivity contribution is 0.432. The van der Waals surface area contributed by atoms with E-state index in [2.05, 4.69) is 33.9 Å². The topological polar surface area (TPSA) is 42.7 Å². The summed E-state index contributed by atoms with van der Waals surface area (Å²) >= 11 is 0. The standard InChI is InChI=1S/C11H20N4/c1-9(2)12-7-11-13-8-14-15(11)10-5-3-4-6-10/h8-10,12H,3-7H2,1-2H3. The molecule has 1 saturated carbocycles. The molecular formula is C11H20N4. The van der Waals surface area contributed by atoms with Crippen molar-refractivity contribution in [3.63, 3.8) is 0 Å². The Hall–Kier alpha value is -0.900. The monoisotopic (exact) mass is 208 g/mol. The van der Waals surface area contributed by atoms with Crippen molar-refractivity contribution < 1.29 is 0 Å². The Morgan fingerprint density at radius 3 is 2.87 bits per heavy atom. The van der Waals surface area contributed by atoms with Crippen LogP contribution in [0.1, 0.15) is 51.4 Å². The normalized spacial score (nSPS) is 17.8. The Morgan fingerprint density at radius 1 is 1.47 bits per heavy atom. The summed E-state index contributed by atoms with van der Waals surface area (Å²) in [5.74, 6) is 1.08. The highest BCUT2D eigenvalue weighted by molar-refractivity contribution is 4.89. The lowest BCUT2D eigenvalue weighted by atomic mass is 10.2. The van der Waals surface area contributed by atoms with Gasteiger partial charge in [-0.1, -0.05) is 26.7 Å². The average Bonchev–Trinajstić information content (AvgIpc) is 2.85.